The molecule has 1 aliphatic heterocycles. The molecule has 2 N–H and O–H groups in total. The van der Waals surface area contributed by atoms with Crippen molar-refractivity contribution in [2.24, 2.45) is 0 Å². The Bertz CT molecular complexity index is 1010. The van der Waals surface area contributed by atoms with Crippen LogP contribution >= 0.6 is 0 Å². The highest BCUT2D eigenvalue weighted by Gasteiger charge is 2.36. The van der Waals surface area contributed by atoms with Gasteiger partial charge in [0.2, 0.25) is 0 Å². The van der Waals surface area contributed by atoms with Gasteiger partial charge in [-0.25, -0.2) is 4.98 Å². The Labute approximate surface area is 153 Å². The average Bonchev–Trinajstić information content (AvgIpc) is 3.28. The van der Waals surface area contributed by atoms with Crippen LogP contribution in [-0.4, -0.2) is 29.2 Å². The summed E-state index contributed by atoms with van der Waals surface area (Å²) in [6.45, 7) is 2.80. The number of nitrogens with zero attached hydrogens (tertiary/aromatic N) is 2. The molecule has 26 heavy (non-hydrogen) atoms. The normalized spacial score (nSPS) is 18.6. The summed E-state index contributed by atoms with van der Waals surface area (Å²) in [5.41, 5.74) is 3.87. The van der Waals surface area contributed by atoms with E-state index < -0.39 is 10.2 Å². The van der Waals surface area contributed by atoms with Crippen LogP contribution in [0.2, 0.25) is 0 Å². The summed E-state index contributed by atoms with van der Waals surface area (Å²) in [7, 11) is -3.58. The Hall–Kier alpha value is -2.22. The highest BCUT2D eigenvalue weighted by molar-refractivity contribution is 7.87. The number of aromatic amines is 1. The molecule has 1 aliphatic rings. The molecule has 0 aliphatic carbocycles. The standard InChI is InChI=1S/C19H22N4O2S/c1-14-7-5-10-16-18(14)22-19(21-16)17-11-6-12-23(17)26(24,25)20-13-15-8-3-2-4-9-15/h2-5,7-10,17,20H,6,11-13H2,1H3,(H,21,22)/t17-/m0/s1. The Morgan fingerprint density at radius 2 is 2.00 bits per heavy atom. The van der Waals surface area contributed by atoms with Gasteiger partial charge in [0.25, 0.3) is 10.2 Å². The monoisotopic (exact) mass is 370 g/mol. The van der Waals surface area contributed by atoms with Crippen molar-refractivity contribution in [3.05, 3.63) is 65.5 Å². The molecule has 0 spiro atoms. The number of rotatable bonds is 5. The van der Waals surface area contributed by atoms with E-state index in [1.165, 1.54) is 4.31 Å². The first-order chi connectivity index (χ1) is 12.5. The number of H-pyrrole nitrogens is 1. The fraction of sp³-hybridized carbons (Fsp3) is 0.316. The summed E-state index contributed by atoms with van der Waals surface area (Å²) in [6.07, 6.45) is 1.60. The quantitative estimate of drug-likeness (QED) is 0.725. The minimum absolute atomic E-state index is 0.255. The lowest BCUT2D eigenvalue weighted by atomic mass is 10.2. The maximum absolute atomic E-state index is 12.8. The van der Waals surface area contributed by atoms with Crippen molar-refractivity contribution in [2.45, 2.75) is 32.4 Å². The zero-order chi connectivity index (χ0) is 18.1. The van der Waals surface area contributed by atoms with E-state index in [9.17, 15) is 8.42 Å². The van der Waals surface area contributed by atoms with Gasteiger partial charge in [-0.05, 0) is 37.0 Å². The minimum Gasteiger partial charge on any atom is -0.341 e. The van der Waals surface area contributed by atoms with Gasteiger partial charge >= 0.3 is 0 Å². The van der Waals surface area contributed by atoms with Gasteiger partial charge in [0.1, 0.15) is 5.82 Å². The van der Waals surface area contributed by atoms with E-state index in [2.05, 4.69) is 14.7 Å². The highest BCUT2D eigenvalue weighted by Crippen LogP contribution is 2.33. The number of hydrogen-bond acceptors (Lipinski definition) is 3. The van der Waals surface area contributed by atoms with Gasteiger partial charge in [0.05, 0.1) is 17.1 Å². The molecular formula is C19H22N4O2S. The Kier molecular flexibility index (Phi) is 4.52. The van der Waals surface area contributed by atoms with Crippen LogP contribution in [0.3, 0.4) is 0 Å². The van der Waals surface area contributed by atoms with Gasteiger partial charge in [-0.3, -0.25) is 0 Å². The summed E-state index contributed by atoms with van der Waals surface area (Å²) >= 11 is 0. The zero-order valence-electron chi connectivity index (χ0n) is 14.6. The topological polar surface area (TPSA) is 78.1 Å². The summed E-state index contributed by atoms with van der Waals surface area (Å²) in [4.78, 5) is 8.00. The molecule has 0 saturated carbocycles. The summed E-state index contributed by atoms with van der Waals surface area (Å²) in [5, 5.41) is 0. The molecule has 1 atom stereocenters. The lowest BCUT2D eigenvalue weighted by Crippen LogP contribution is -2.40. The van der Waals surface area contributed by atoms with Crippen LogP contribution in [0.25, 0.3) is 11.0 Å². The molecule has 0 unspecified atom stereocenters. The number of imidazole rings is 1. The lowest BCUT2D eigenvalue weighted by Gasteiger charge is -2.22. The van der Waals surface area contributed by atoms with Crippen LogP contribution in [0.5, 0.6) is 0 Å². The second-order valence-corrected chi connectivity index (χ2v) is 8.38. The van der Waals surface area contributed by atoms with E-state index in [0.717, 1.165) is 40.8 Å². The summed E-state index contributed by atoms with van der Waals surface area (Å²) < 4.78 is 29.9. The van der Waals surface area contributed by atoms with Gasteiger partial charge in [-0.15, -0.1) is 0 Å². The first kappa shape index (κ1) is 17.2. The Morgan fingerprint density at radius 1 is 1.19 bits per heavy atom. The number of aromatic nitrogens is 2. The van der Waals surface area contributed by atoms with E-state index in [0.29, 0.717) is 6.54 Å². The number of nitrogens with one attached hydrogen (secondary N) is 2. The van der Waals surface area contributed by atoms with Gasteiger partial charge in [-0.2, -0.15) is 17.4 Å². The third-order valence-corrected chi connectivity index (χ3v) is 6.43. The SMILES string of the molecule is Cc1cccc2[nH]c([C@@H]3CCCN3S(=O)(=O)NCc3ccccc3)nc12. The van der Waals surface area contributed by atoms with Crippen molar-refractivity contribution >= 4 is 21.2 Å². The maximum atomic E-state index is 12.8. The van der Waals surface area contributed by atoms with Gasteiger partial charge in [-0.1, -0.05) is 42.5 Å². The first-order valence-electron chi connectivity index (χ1n) is 8.80. The molecule has 4 rings (SSSR count). The molecular weight excluding hydrogens is 348 g/mol. The summed E-state index contributed by atoms with van der Waals surface area (Å²) in [5.74, 6) is 0.719. The fourth-order valence-electron chi connectivity index (χ4n) is 3.51. The van der Waals surface area contributed by atoms with Crippen molar-refractivity contribution in [1.29, 1.82) is 0 Å². The first-order valence-corrected chi connectivity index (χ1v) is 10.2. The van der Waals surface area contributed by atoms with E-state index in [4.69, 9.17) is 0 Å². The van der Waals surface area contributed by atoms with E-state index in [1.807, 2.05) is 55.5 Å². The predicted molar refractivity (Wildman–Crippen MR) is 102 cm³/mol. The van der Waals surface area contributed by atoms with Crippen molar-refractivity contribution in [3.63, 3.8) is 0 Å². The molecule has 1 saturated heterocycles. The van der Waals surface area contributed by atoms with Crippen molar-refractivity contribution < 1.29 is 8.42 Å². The number of benzene rings is 2. The van der Waals surface area contributed by atoms with Gasteiger partial charge in [0, 0.05) is 13.1 Å². The smallest absolute Gasteiger partial charge is 0.280 e. The number of fused-ring (bicyclic) bond motifs is 1. The van der Waals surface area contributed by atoms with Crippen LogP contribution in [-0.2, 0) is 16.8 Å². The predicted octanol–water partition coefficient (Wildman–Crippen LogP) is 3.04. The fourth-order valence-corrected chi connectivity index (χ4v) is 4.93. The largest absolute Gasteiger partial charge is 0.341 e. The van der Waals surface area contributed by atoms with Crippen LogP contribution in [0.4, 0.5) is 0 Å². The van der Waals surface area contributed by atoms with Crippen molar-refractivity contribution in [3.8, 4) is 0 Å². The number of para-hydroxylation sites is 1. The minimum atomic E-state index is -3.58. The highest BCUT2D eigenvalue weighted by atomic mass is 32.2. The number of aryl methyl sites for hydroxylation is 1. The van der Waals surface area contributed by atoms with Gasteiger partial charge in [0.15, 0.2) is 0 Å². The molecule has 1 fully saturated rings. The molecule has 136 valence electrons. The lowest BCUT2D eigenvalue weighted by molar-refractivity contribution is 0.378. The molecule has 0 bridgehead atoms. The second-order valence-electron chi connectivity index (χ2n) is 6.67. The van der Waals surface area contributed by atoms with Crippen LogP contribution in [0.15, 0.2) is 48.5 Å². The molecule has 7 heteroatoms. The van der Waals surface area contributed by atoms with E-state index in [-0.39, 0.29) is 12.6 Å². The van der Waals surface area contributed by atoms with E-state index in [1.54, 1.807) is 0 Å². The Balaban J connectivity index is 1.57. The zero-order valence-corrected chi connectivity index (χ0v) is 15.5. The molecule has 1 aromatic heterocycles. The van der Waals surface area contributed by atoms with Crippen molar-refractivity contribution in [2.75, 3.05) is 6.54 Å². The van der Waals surface area contributed by atoms with Gasteiger partial charge < -0.3 is 4.98 Å². The van der Waals surface area contributed by atoms with E-state index >= 15 is 0 Å². The number of hydrogen-bond donors (Lipinski definition) is 2. The van der Waals surface area contributed by atoms with Crippen LogP contribution in [0.1, 0.15) is 35.8 Å². The summed E-state index contributed by atoms with van der Waals surface area (Å²) in [6, 6.07) is 15.2. The average molecular weight is 370 g/mol. The maximum Gasteiger partial charge on any atom is 0.280 e. The van der Waals surface area contributed by atoms with Crippen LogP contribution < -0.4 is 4.72 Å². The molecule has 2 aromatic carbocycles. The Morgan fingerprint density at radius 3 is 2.77 bits per heavy atom. The van der Waals surface area contributed by atoms with Crippen molar-refractivity contribution in [1.82, 2.24) is 19.0 Å². The molecule has 0 amide bonds. The molecule has 0 radical (unpaired) electrons. The third kappa shape index (κ3) is 3.25. The molecule has 6 nitrogen and oxygen atoms in total. The second kappa shape index (κ2) is 6.83. The molecule has 3 aromatic rings. The van der Waals surface area contributed by atoms with Crippen LogP contribution in [0, 0.1) is 6.92 Å². The third-order valence-electron chi connectivity index (χ3n) is 4.86. The molecule has 2 heterocycles.